The molecular formula is C10H13Br. The van der Waals surface area contributed by atoms with E-state index < -0.39 is 0 Å². The molecule has 0 heterocycles. The van der Waals surface area contributed by atoms with Gasteiger partial charge in [0.2, 0.25) is 0 Å². The van der Waals surface area contributed by atoms with Crippen LogP contribution in [0.3, 0.4) is 0 Å². The van der Waals surface area contributed by atoms with Gasteiger partial charge in [-0.2, -0.15) is 0 Å². The smallest absolute Gasteiger partial charge is 0.0369 e. The van der Waals surface area contributed by atoms with Crippen molar-refractivity contribution in [3.8, 4) is 0 Å². The van der Waals surface area contributed by atoms with E-state index in [-0.39, 0.29) is 0 Å². The van der Waals surface area contributed by atoms with Crippen LogP contribution in [-0.4, -0.2) is 0 Å². The minimum atomic E-state index is 0.461. The van der Waals surface area contributed by atoms with Crippen LogP contribution in [0.4, 0.5) is 0 Å². The first kappa shape index (κ1) is 8.79. The van der Waals surface area contributed by atoms with Gasteiger partial charge in [-0.15, -0.1) is 0 Å². The fourth-order valence-electron chi connectivity index (χ4n) is 1.27. The molecule has 0 aromatic heterocycles. The maximum absolute atomic E-state index is 3.56. The summed E-state index contributed by atoms with van der Waals surface area (Å²) in [5, 5.41) is 0. The van der Waals surface area contributed by atoms with Gasteiger partial charge in [-0.1, -0.05) is 39.7 Å². The SMILES string of the molecule is Cc1ccc(C(C)Br)c(C)c1. The van der Waals surface area contributed by atoms with Gasteiger partial charge in [0.15, 0.2) is 0 Å². The summed E-state index contributed by atoms with van der Waals surface area (Å²) >= 11 is 3.56. The van der Waals surface area contributed by atoms with Gasteiger partial charge in [-0.05, 0) is 31.9 Å². The highest BCUT2D eigenvalue weighted by atomic mass is 79.9. The maximum atomic E-state index is 3.56. The fourth-order valence-corrected chi connectivity index (χ4v) is 1.79. The van der Waals surface area contributed by atoms with Gasteiger partial charge in [-0.3, -0.25) is 0 Å². The summed E-state index contributed by atoms with van der Waals surface area (Å²) in [7, 11) is 0. The van der Waals surface area contributed by atoms with Crippen molar-refractivity contribution in [1.29, 1.82) is 0 Å². The van der Waals surface area contributed by atoms with Crippen LogP contribution in [-0.2, 0) is 0 Å². The molecule has 0 saturated heterocycles. The molecule has 1 unspecified atom stereocenters. The van der Waals surface area contributed by atoms with Crippen LogP contribution in [0.5, 0.6) is 0 Å². The Balaban J connectivity index is 3.09. The van der Waals surface area contributed by atoms with Crippen LogP contribution in [0, 0.1) is 13.8 Å². The van der Waals surface area contributed by atoms with Crippen molar-refractivity contribution < 1.29 is 0 Å². The van der Waals surface area contributed by atoms with Crippen LogP contribution in [0.1, 0.15) is 28.4 Å². The topological polar surface area (TPSA) is 0 Å². The molecule has 0 radical (unpaired) electrons. The van der Waals surface area contributed by atoms with Crippen LogP contribution < -0.4 is 0 Å². The van der Waals surface area contributed by atoms with Crippen molar-refractivity contribution in [1.82, 2.24) is 0 Å². The van der Waals surface area contributed by atoms with E-state index in [2.05, 4.69) is 54.9 Å². The fraction of sp³-hybridized carbons (Fsp3) is 0.400. The number of aryl methyl sites for hydroxylation is 2. The molecule has 0 fully saturated rings. The molecule has 0 bridgehead atoms. The minimum Gasteiger partial charge on any atom is -0.0842 e. The standard InChI is InChI=1S/C10H13Br/c1-7-4-5-10(9(3)11)8(2)6-7/h4-6,9H,1-3H3. The lowest BCUT2D eigenvalue weighted by Crippen LogP contribution is -1.88. The van der Waals surface area contributed by atoms with Crippen LogP contribution >= 0.6 is 15.9 Å². The Bertz CT molecular complexity index is 251. The van der Waals surface area contributed by atoms with Gasteiger partial charge in [-0.25, -0.2) is 0 Å². The van der Waals surface area contributed by atoms with Crippen LogP contribution in [0.2, 0.25) is 0 Å². The van der Waals surface area contributed by atoms with Crippen molar-refractivity contribution in [2.24, 2.45) is 0 Å². The summed E-state index contributed by atoms with van der Waals surface area (Å²) in [6.45, 7) is 6.42. The first-order chi connectivity index (χ1) is 5.11. The zero-order valence-electron chi connectivity index (χ0n) is 7.19. The van der Waals surface area contributed by atoms with E-state index in [1.165, 1.54) is 16.7 Å². The predicted molar refractivity (Wildman–Crippen MR) is 53.3 cm³/mol. The molecule has 60 valence electrons. The van der Waals surface area contributed by atoms with Crippen molar-refractivity contribution in [2.75, 3.05) is 0 Å². The Hall–Kier alpha value is -0.300. The zero-order valence-corrected chi connectivity index (χ0v) is 8.77. The van der Waals surface area contributed by atoms with Crippen molar-refractivity contribution >= 4 is 15.9 Å². The van der Waals surface area contributed by atoms with E-state index in [0.717, 1.165) is 0 Å². The number of rotatable bonds is 1. The van der Waals surface area contributed by atoms with Gasteiger partial charge in [0.1, 0.15) is 0 Å². The van der Waals surface area contributed by atoms with Gasteiger partial charge in [0.25, 0.3) is 0 Å². The largest absolute Gasteiger partial charge is 0.0842 e. The molecule has 0 N–H and O–H groups in total. The van der Waals surface area contributed by atoms with E-state index in [0.29, 0.717) is 4.83 Å². The second kappa shape index (κ2) is 3.40. The molecule has 0 aliphatic carbocycles. The average molecular weight is 213 g/mol. The van der Waals surface area contributed by atoms with E-state index in [1.54, 1.807) is 0 Å². The van der Waals surface area contributed by atoms with Crippen molar-refractivity contribution in [3.05, 3.63) is 34.9 Å². The van der Waals surface area contributed by atoms with Crippen LogP contribution in [0.15, 0.2) is 18.2 Å². The first-order valence-corrected chi connectivity index (χ1v) is 4.74. The average Bonchev–Trinajstić information content (AvgIpc) is 1.85. The Labute approximate surface area is 76.8 Å². The normalized spacial score (nSPS) is 13.1. The Kier molecular flexibility index (Phi) is 2.72. The summed E-state index contributed by atoms with van der Waals surface area (Å²) in [6, 6.07) is 6.55. The summed E-state index contributed by atoms with van der Waals surface area (Å²) < 4.78 is 0. The van der Waals surface area contributed by atoms with Crippen LogP contribution in [0.25, 0.3) is 0 Å². The highest BCUT2D eigenvalue weighted by Gasteiger charge is 2.02. The van der Waals surface area contributed by atoms with E-state index in [9.17, 15) is 0 Å². The molecular weight excluding hydrogens is 200 g/mol. The summed E-state index contributed by atoms with van der Waals surface area (Å²) in [6.07, 6.45) is 0. The van der Waals surface area contributed by atoms with E-state index in [1.807, 2.05) is 0 Å². The van der Waals surface area contributed by atoms with E-state index in [4.69, 9.17) is 0 Å². The van der Waals surface area contributed by atoms with Crippen molar-refractivity contribution in [2.45, 2.75) is 25.6 Å². The summed E-state index contributed by atoms with van der Waals surface area (Å²) in [4.78, 5) is 0.461. The molecule has 11 heavy (non-hydrogen) atoms. The second-order valence-electron chi connectivity index (χ2n) is 2.98. The maximum Gasteiger partial charge on any atom is 0.0369 e. The molecule has 1 aromatic rings. The van der Waals surface area contributed by atoms with Crippen molar-refractivity contribution in [3.63, 3.8) is 0 Å². The Morgan fingerprint density at radius 1 is 1.27 bits per heavy atom. The summed E-state index contributed by atoms with van der Waals surface area (Å²) in [5.74, 6) is 0. The Morgan fingerprint density at radius 2 is 1.91 bits per heavy atom. The lowest BCUT2D eigenvalue weighted by Gasteiger charge is -2.07. The Morgan fingerprint density at radius 3 is 2.36 bits per heavy atom. The molecule has 1 rings (SSSR count). The third kappa shape index (κ3) is 2.06. The number of hydrogen-bond donors (Lipinski definition) is 0. The highest BCUT2D eigenvalue weighted by molar-refractivity contribution is 9.09. The van der Waals surface area contributed by atoms with E-state index >= 15 is 0 Å². The van der Waals surface area contributed by atoms with Gasteiger partial charge >= 0.3 is 0 Å². The predicted octanol–water partition coefficient (Wildman–Crippen LogP) is 3.76. The quantitative estimate of drug-likeness (QED) is 0.623. The molecule has 1 heteroatoms. The lowest BCUT2D eigenvalue weighted by molar-refractivity contribution is 1.09. The molecule has 1 aromatic carbocycles. The molecule has 0 amide bonds. The third-order valence-electron chi connectivity index (χ3n) is 1.85. The zero-order chi connectivity index (χ0) is 8.43. The third-order valence-corrected chi connectivity index (χ3v) is 2.35. The first-order valence-electron chi connectivity index (χ1n) is 3.82. The molecule has 0 aliphatic heterocycles. The highest BCUT2D eigenvalue weighted by Crippen LogP contribution is 2.25. The number of halogens is 1. The molecule has 0 spiro atoms. The number of hydrogen-bond acceptors (Lipinski definition) is 0. The van der Waals surface area contributed by atoms with Gasteiger partial charge < -0.3 is 0 Å². The molecule has 1 atom stereocenters. The molecule has 0 nitrogen and oxygen atoms in total. The number of alkyl halides is 1. The van der Waals surface area contributed by atoms with Gasteiger partial charge in [0.05, 0.1) is 0 Å². The minimum absolute atomic E-state index is 0.461. The monoisotopic (exact) mass is 212 g/mol. The number of benzene rings is 1. The lowest BCUT2D eigenvalue weighted by atomic mass is 10.0. The molecule has 0 saturated carbocycles. The molecule has 0 aliphatic rings. The second-order valence-corrected chi connectivity index (χ2v) is 4.35. The summed E-state index contributed by atoms with van der Waals surface area (Å²) in [5.41, 5.74) is 4.09. The van der Waals surface area contributed by atoms with Gasteiger partial charge in [0, 0.05) is 4.83 Å².